The van der Waals surface area contributed by atoms with Crippen molar-refractivity contribution in [1.82, 2.24) is 0 Å². The van der Waals surface area contributed by atoms with Crippen LogP contribution in [0.15, 0.2) is 0 Å². The summed E-state index contributed by atoms with van der Waals surface area (Å²) in [5.41, 5.74) is 0. The molecule has 0 spiro atoms. The van der Waals surface area contributed by atoms with E-state index in [4.69, 9.17) is 0 Å². The van der Waals surface area contributed by atoms with Crippen molar-refractivity contribution in [3.8, 4) is 0 Å². The Morgan fingerprint density at radius 2 is 1.00 bits per heavy atom. The minimum atomic E-state index is -1.69. The average Bonchev–Trinajstić information content (AvgIpc) is 2.33. The Hall–Kier alpha value is 0.400. The third kappa shape index (κ3) is 4.82. The van der Waals surface area contributed by atoms with Crippen LogP contribution in [0.4, 0.5) is 0 Å². The predicted octanol–water partition coefficient (Wildman–Crippen LogP) is 2.99. The number of hydrogen-bond donors (Lipinski definition) is 2. The standard InChI is InChI=1S/C12H24I2O4/c1-5-13(6-2)9(11(15)16)10(12(17)18)14(7-3)8-4/h9-10H,5-8H2,1-4H3,(H,15,16)(H,17,18). The summed E-state index contributed by atoms with van der Waals surface area (Å²) in [6.45, 7) is 8.05. The number of carbonyl (C=O) groups is 2. The van der Waals surface area contributed by atoms with Gasteiger partial charge in [-0.05, 0) is 0 Å². The van der Waals surface area contributed by atoms with Crippen LogP contribution in [0.25, 0.3) is 0 Å². The third-order valence-electron chi connectivity index (χ3n) is 2.77. The van der Waals surface area contributed by atoms with Gasteiger partial charge < -0.3 is 0 Å². The zero-order valence-corrected chi connectivity index (χ0v) is 15.8. The summed E-state index contributed by atoms with van der Waals surface area (Å²) in [6, 6.07) is 0. The van der Waals surface area contributed by atoms with Gasteiger partial charge in [-0.15, -0.1) is 0 Å². The summed E-state index contributed by atoms with van der Waals surface area (Å²) in [4.78, 5) is 23.1. The summed E-state index contributed by atoms with van der Waals surface area (Å²) in [6.07, 6.45) is 0. The van der Waals surface area contributed by atoms with Crippen LogP contribution in [0.1, 0.15) is 27.7 Å². The fourth-order valence-electron chi connectivity index (χ4n) is 1.87. The van der Waals surface area contributed by atoms with E-state index in [0.29, 0.717) is 0 Å². The fourth-order valence-corrected chi connectivity index (χ4v) is 16.9. The molecule has 0 amide bonds. The van der Waals surface area contributed by atoms with E-state index in [1.165, 1.54) is 0 Å². The molecule has 0 aromatic rings. The third-order valence-corrected chi connectivity index (χ3v) is 18.3. The molecule has 0 radical (unpaired) electrons. The van der Waals surface area contributed by atoms with Crippen molar-refractivity contribution in [2.24, 2.45) is 0 Å². The van der Waals surface area contributed by atoms with Crippen molar-refractivity contribution >= 4 is 51.6 Å². The van der Waals surface area contributed by atoms with Gasteiger partial charge >= 0.3 is 125 Å². The maximum absolute atomic E-state index is 11.5. The molecule has 0 saturated carbocycles. The number of carboxylic acid groups (broad SMARTS) is 2. The molecule has 0 aromatic carbocycles. The average molecular weight is 486 g/mol. The molecule has 4 nitrogen and oxygen atoms in total. The number of halogens is 2. The first-order valence-corrected chi connectivity index (χ1v) is 14.7. The second kappa shape index (κ2) is 9.33. The molecule has 2 atom stereocenters. The first kappa shape index (κ1) is 18.4. The van der Waals surface area contributed by atoms with Crippen LogP contribution in [0.3, 0.4) is 0 Å². The second-order valence-corrected chi connectivity index (χ2v) is 18.0. The molecule has 0 saturated heterocycles. The van der Waals surface area contributed by atoms with Crippen LogP contribution in [0.5, 0.6) is 0 Å². The minimum absolute atomic E-state index is 0.549. The van der Waals surface area contributed by atoms with Crippen LogP contribution >= 0.6 is 39.6 Å². The number of rotatable bonds is 9. The van der Waals surface area contributed by atoms with E-state index in [1.807, 2.05) is 27.7 Å². The summed E-state index contributed by atoms with van der Waals surface area (Å²) < 4.78 is 2.45. The van der Waals surface area contributed by atoms with E-state index >= 15 is 0 Å². The summed E-state index contributed by atoms with van der Waals surface area (Å²) >= 11 is -3.39. The molecule has 0 aliphatic rings. The molecule has 110 valence electrons. The number of alkyl halides is 6. The van der Waals surface area contributed by atoms with Gasteiger partial charge in [0.2, 0.25) is 0 Å². The van der Waals surface area contributed by atoms with Gasteiger partial charge in [-0.25, -0.2) is 0 Å². The molecule has 0 aliphatic heterocycles. The molecule has 6 heteroatoms. The number of aliphatic carboxylic acids is 2. The van der Waals surface area contributed by atoms with Crippen LogP contribution < -0.4 is 0 Å². The summed E-state index contributed by atoms with van der Waals surface area (Å²) in [5.74, 6) is -1.72. The van der Waals surface area contributed by atoms with Crippen LogP contribution in [-0.4, -0.2) is 47.7 Å². The normalized spacial score (nSPS) is 15.8. The zero-order valence-electron chi connectivity index (χ0n) is 11.4. The molecule has 18 heavy (non-hydrogen) atoms. The predicted molar refractivity (Wildman–Crippen MR) is 93.1 cm³/mol. The Kier molecular flexibility index (Phi) is 9.53. The van der Waals surface area contributed by atoms with E-state index in [-0.39, 0.29) is 0 Å². The Balaban J connectivity index is 5.35. The van der Waals surface area contributed by atoms with Gasteiger partial charge in [-0.1, -0.05) is 0 Å². The van der Waals surface area contributed by atoms with Crippen LogP contribution in [0, 0.1) is 0 Å². The Morgan fingerprint density at radius 3 is 1.11 bits per heavy atom. The van der Waals surface area contributed by atoms with Gasteiger partial charge in [-0.2, -0.15) is 0 Å². The maximum atomic E-state index is 11.5. The number of hydrogen-bond acceptors (Lipinski definition) is 2. The molecular formula is C12H24I2O4. The second-order valence-electron chi connectivity index (χ2n) is 3.54. The Bertz CT molecular complexity index is 247. The van der Waals surface area contributed by atoms with Gasteiger partial charge in [0.25, 0.3) is 0 Å². The first-order chi connectivity index (χ1) is 8.44. The molecular weight excluding hydrogens is 462 g/mol. The molecule has 0 heterocycles. The van der Waals surface area contributed by atoms with E-state index in [2.05, 4.69) is 0 Å². The SMILES string of the molecule is CCI(CC)C(C(=O)O)C(C(=O)O)I(CC)CC. The van der Waals surface area contributed by atoms with Crippen LogP contribution in [0.2, 0.25) is 0 Å². The fraction of sp³-hybridized carbons (Fsp3) is 0.833. The summed E-state index contributed by atoms with van der Waals surface area (Å²) in [5, 5.41) is 18.9. The van der Waals surface area contributed by atoms with E-state index < -0.39 is 59.4 Å². The Morgan fingerprint density at radius 1 is 0.778 bits per heavy atom. The van der Waals surface area contributed by atoms with Crippen molar-refractivity contribution in [2.75, 3.05) is 17.7 Å². The quantitative estimate of drug-likeness (QED) is 0.389. The molecule has 2 unspecified atom stereocenters. The van der Waals surface area contributed by atoms with Gasteiger partial charge in [0, 0.05) is 0 Å². The van der Waals surface area contributed by atoms with Crippen molar-refractivity contribution in [2.45, 2.75) is 35.5 Å². The van der Waals surface area contributed by atoms with Gasteiger partial charge in [0.15, 0.2) is 0 Å². The van der Waals surface area contributed by atoms with Crippen molar-refractivity contribution in [3.63, 3.8) is 0 Å². The van der Waals surface area contributed by atoms with Gasteiger partial charge in [0.1, 0.15) is 0 Å². The zero-order chi connectivity index (χ0) is 14.3. The molecule has 0 fully saturated rings. The monoisotopic (exact) mass is 486 g/mol. The Labute approximate surface area is 124 Å². The van der Waals surface area contributed by atoms with Crippen molar-refractivity contribution < 1.29 is 19.8 Å². The van der Waals surface area contributed by atoms with Crippen molar-refractivity contribution in [1.29, 1.82) is 0 Å². The molecule has 0 aliphatic carbocycles. The van der Waals surface area contributed by atoms with Crippen molar-refractivity contribution in [3.05, 3.63) is 0 Å². The summed E-state index contributed by atoms with van der Waals surface area (Å²) in [7, 11) is 0. The molecule has 0 aromatic heterocycles. The first-order valence-electron chi connectivity index (χ1n) is 6.10. The van der Waals surface area contributed by atoms with Crippen LogP contribution in [-0.2, 0) is 9.59 Å². The van der Waals surface area contributed by atoms with Gasteiger partial charge in [-0.3, -0.25) is 0 Å². The molecule has 2 N–H and O–H groups in total. The topological polar surface area (TPSA) is 74.6 Å². The van der Waals surface area contributed by atoms with E-state index in [1.54, 1.807) is 0 Å². The van der Waals surface area contributed by atoms with E-state index in [9.17, 15) is 19.8 Å². The molecule has 0 bridgehead atoms. The van der Waals surface area contributed by atoms with E-state index in [0.717, 1.165) is 17.7 Å². The number of carboxylic acids is 2. The van der Waals surface area contributed by atoms with Gasteiger partial charge in [0.05, 0.1) is 0 Å². The molecule has 0 rings (SSSR count).